The standard InChI is InChI=1S/C23H23NO6/c1-23(2)13-15-7-5-10-18(20(15)30-23)29-14-19(25)28-12-6-11-24-21(26)16-8-3-4-9-17(16)22(24)27/h3-5,7-10H,6,11-14H2,1-2H3. The molecule has 0 aromatic heterocycles. The summed E-state index contributed by atoms with van der Waals surface area (Å²) in [5, 5.41) is 0. The van der Waals surface area contributed by atoms with Crippen molar-refractivity contribution in [1.29, 1.82) is 0 Å². The van der Waals surface area contributed by atoms with Crippen LogP contribution >= 0.6 is 0 Å². The van der Waals surface area contributed by atoms with E-state index in [0.717, 1.165) is 12.0 Å². The van der Waals surface area contributed by atoms with E-state index in [-0.39, 0.29) is 37.2 Å². The molecule has 0 fully saturated rings. The zero-order chi connectivity index (χ0) is 21.3. The van der Waals surface area contributed by atoms with Crippen molar-refractivity contribution >= 4 is 17.8 Å². The molecule has 2 aliphatic rings. The molecule has 0 spiro atoms. The van der Waals surface area contributed by atoms with Crippen molar-refractivity contribution in [3.05, 3.63) is 59.2 Å². The van der Waals surface area contributed by atoms with Gasteiger partial charge in [-0.15, -0.1) is 0 Å². The third-order valence-corrected chi connectivity index (χ3v) is 5.07. The van der Waals surface area contributed by atoms with E-state index in [0.29, 0.717) is 29.0 Å². The first-order valence-corrected chi connectivity index (χ1v) is 9.90. The predicted molar refractivity (Wildman–Crippen MR) is 108 cm³/mol. The summed E-state index contributed by atoms with van der Waals surface area (Å²) in [5.41, 5.74) is 1.57. The Morgan fingerprint density at radius 3 is 2.47 bits per heavy atom. The highest BCUT2D eigenvalue weighted by atomic mass is 16.6. The number of carbonyl (C=O) groups excluding carboxylic acids is 3. The van der Waals surface area contributed by atoms with Crippen LogP contribution in [0.4, 0.5) is 0 Å². The molecule has 0 aliphatic carbocycles. The highest BCUT2D eigenvalue weighted by Crippen LogP contribution is 2.41. The summed E-state index contributed by atoms with van der Waals surface area (Å²) in [5.74, 6) is 0.0337. The zero-order valence-corrected chi connectivity index (χ0v) is 17.0. The Labute approximate surface area is 174 Å². The number of fused-ring (bicyclic) bond motifs is 2. The first-order valence-electron chi connectivity index (χ1n) is 9.90. The van der Waals surface area contributed by atoms with Crippen LogP contribution in [0.3, 0.4) is 0 Å². The molecule has 2 heterocycles. The van der Waals surface area contributed by atoms with Gasteiger partial charge in [0.05, 0.1) is 17.7 Å². The van der Waals surface area contributed by atoms with E-state index in [2.05, 4.69) is 0 Å². The van der Waals surface area contributed by atoms with Crippen LogP contribution < -0.4 is 9.47 Å². The van der Waals surface area contributed by atoms with Gasteiger partial charge in [0.15, 0.2) is 18.1 Å². The van der Waals surface area contributed by atoms with Gasteiger partial charge in [-0.05, 0) is 38.5 Å². The summed E-state index contributed by atoms with van der Waals surface area (Å²) < 4.78 is 16.7. The maximum atomic E-state index is 12.3. The van der Waals surface area contributed by atoms with Crippen LogP contribution in [0.15, 0.2) is 42.5 Å². The fourth-order valence-electron chi connectivity index (χ4n) is 3.73. The Hall–Kier alpha value is -3.35. The van der Waals surface area contributed by atoms with Gasteiger partial charge in [-0.1, -0.05) is 24.3 Å². The van der Waals surface area contributed by atoms with Crippen molar-refractivity contribution in [1.82, 2.24) is 4.90 Å². The van der Waals surface area contributed by atoms with Crippen LogP contribution in [-0.2, 0) is 16.0 Å². The van der Waals surface area contributed by atoms with Crippen LogP contribution in [0, 0.1) is 0 Å². The highest BCUT2D eigenvalue weighted by Gasteiger charge is 2.35. The molecule has 0 saturated carbocycles. The monoisotopic (exact) mass is 409 g/mol. The smallest absolute Gasteiger partial charge is 0.344 e. The Bertz CT molecular complexity index is 978. The first kappa shape index (κ1) is 19.9. The van der Waals surface area contributed by atoms with Gasteiger partial charge in [-0.3, -0.25) is 14.5 Å². The Morgan fingerprint density at radius 1 is 1.07 bits per heavy atom. The molecule has 2 aromatic carbocycles. The molecule has 7 heteroatoms. The van der Waals surface area contributed by atoms with E-state index in [1.165, 1.54) is 4.90 Å². The number of nitrogens with zero attached hydrogens (tertiary/aromatic N) is 1. The minimum absolute atomic E-state index is 0.0893. The largest absolute Gasteiger partial charge is 0.483 e. The third-order valence-electron chi connectivity index (χ3n) is 5.07. The molecular formula is C23H23NO6. The second-order valence-electron chi connectivity index (χ2n) is 7.95. The molecule has 7 nitrogen and oxygen atoms in total. The quantitative estimate of drug-likeness (QED) is 0.397. The third kappa shape index (κ3) is 3.87. The van der Waals surface area contributed by atoms with Crippen molar-refractivity contribution in [2.75, 3.05) is 19.8 Å². The fraction of sp³-hybridized carbons (Fsp3) is 0.348. The molecule has 2 aliphatic heterocycles. The number of amides is 2. The number of hydrogen-bond acceptors (Lipinski definition) is 6. The SMILES string of the molecule is CC1(C)Cc2cccc(OCC(=O)OCCCN3C(=O)c4ccccc4C3=O)c2O1. The van der Waals surface area contributed by atoms with Crippen molar-refractivity contribution < 1.29 is 28.6 Å². The topological polar surface area (TPSA) is 82.1 Å². The molecule has 0 radical (unpaired) electrons. The Kier molecular flexibility index (Phi) is 5.20. The molecule has 2 aromatic rings. The normalized spacial score (nSPS) is 16.1. The van der Waals surface area contributed by atoms with E-state index < -0.39 is 5.97 Å². The second kappa shape index (κ2) is 7.82. The molecule has 0 saturated heterocycles. The summed E-state index contributed by atoms with van der Waals surface area (Å²) in [4.78, 5) is 37.8. The van der Waals surface area contributed by atoms with E-state index in [1.54, 1.807) is 30.3 Å². The minimum atomic E-state index is -0.521. The number of hydrogen-bond donors (Lipinski definition) is 0. The van der Waals surface area contributed by atoms with Gasteiger partial charge in [0.1, 0.15) is 5.60 Å². The lowest BCUT2D eigenvalue weighted by Gasteiger charge is -2.18. The van der Waals surface area contributed by atoms with E-state index in [1.807, 2.05) is 26.0 Å². The zero-order valence-electron chi connectivity index (χ0n) is 17.0. The first-order chi connectivity index (χ1) is 14.4. The van der Waals surface area contributed by atoms with Gasteiger partial charge < -0.3 is 14.2 Å². The average molecular weight is 409 g/mol. The van der Waals surface area contributed by atoms with Crippen LogP contribution in [0.5, 0.6) is 11.5 Å². The number of rotatable bonds is 7. The number of esters is 1. The van der Waals surface area contributed by atoms with Crippen LogP contribution in [0.1, 0.15) is 46.5 Å². The number of carbonyl (C=O) groups is 3. The van der Waals surface area contributed by atoms with E-state index in [4.69, 9.17) is 14.2 Å². The Morgan fingerprint density at radius 2 is 1.77 bits per heavy atom. The summed E-state index contributed by atoms with van der Waals surface area (Å²) in [6.45, 7) is 4.04. The predicted octanol–water partition coefficient (Wildman–Crippen LogP) is 3.01. The fourth-order valence-corrected chi connectivity index (χ4v) is 3.73. The molecular weight excluding hydrogens is 386 g/mol. The van der Waals surface area contributed by atoms with Crippen LogP contribution in [-0.4, -0.2) is 48.0 Å². The van der Waals surface area contributed by atoms with Crippen LogP contribution in [0.2, 0.25) is 0 Å². The second-order valence-corrected chi connectivity index (χ2v) is 7.95. The van der Waals surface area contributed by atoms with Gasteiger partial charge in [-0.2, -0.15) is 0 Å². The summed E-state index contributed by atoms with van der Waals surface area (Å²) in [6, 6.07) is 12.3. The van der Waals surface area contributed by atoms with Crippen molar-refractivity contribution in [2.24, 2.45) is 0 Å². The highest BCUT2D eigenvalue weighted by molar-refractivity contribution is 6.21. The molecule has 0 N–H and O–H groups in total. The lowest BCUT2D eigenvalue weighted by atomic mass is 10.0. The maximum absolute atomic E-state index is 12.3. The van der Waals surface area contributed by atoms with Gasteiger partial charge >= 0.3 is 5.97 Å². The van der Waals surface area contributed by atoms with E-state index >= 15 is 0 Å². The van der Waals surface area contributed by atoms with Crippen molar-refractivity contribution in [3.8, 4) is 11.5 Å². The lowest BCUT2D eigenvalue weighted by Crippen LogP contribution is -2.31. The number of ether oxygens (including phenoxy) is 3. The number of imide groups is 1. The average Bonchev–Trinajstić information content (AvgIpc) is 3.17. The molecule has 0 bridgehead atoms. The van der Waals surface area contributed by atoms with Gasteiger partial charge in [0, 0.05) is 18.5 Å². The molecule has 0 unspecified atom stereocenters. The van der Waals surface area contributed by atoms with Crippen molar-refractivity contribution in [3.63, 3.8) is 0 Å². The summed E-state index contributed by atoms with van der Waals surface area (Å²) in [7, 11) is 0. The molecule has 30 heavy (non-hydrogen) atoms. The molecule has 156 valence electrons. The lowest BCUT2D eigenvalue weighted by molar-refractivity contribution is -0.146. The van der Waals surface area contributed by atoms with Gasteiger partial charge in [0.2, 0.25) is 0 Å². The molecule has 2 amide bonds. The van der Waals surface area contributed by atoms with Crippen molar-refractivity contribution in [2.45, 2.75) is 32.3 Å². The molecule has 4 rings (SSSR count). The van der Waals surface area contributed by atoms with Gasteiger partial charge in [0.25, 0.3) is 11.8 Å². The summed E-state index contributed by atoms with van der Waals surface area (Å²) in [6.07, 6.45) is 1.14. The number of benzene rings is 2. The maximum Gasteiger partial charge on any atom is 0.344 e. The molecule has 0 atom stereocenters. The van der Waals surface area contributed by atoms with Crippen LogP contribution in [0.25, 0.3) is 0 Å². The number of para-hydroxylation sites is 1. The Balaban J connectivity index is 1.22. The van der Waals surface area contributed by atoms with E-state index in [9.17, 15) is 14.4 Å². The minimum Gasteiger partial charge on any atom is -0.483 e. The van der Waals surface area contributed by atoms with Gasteiger partial charge in [-0.25, -0.2) is 4.79 Å². The summed E-state index contributed by atoms with van der Waals surface area (Å²) >= 11 is 0.